The fourth-order valence-electron chi connectivity index (χ4n) is 1.97. The van der Waals surface area contributed by atoms with Gasteiger partial charge in [0.05, 0.1) is 10.6 Å². The largest absolute Gasteiger partial charge is 0.508 e. The molecule has 0 N–H and O–H groups in total. The Hall–Kier alpha value is -1.32. The van der Waals surface area contributed by atoms with Crippen LogP contribution in [-0.2, 0) is 17.5 Å². The summed E-state index contributed by atoms with van der Waals surface area (Å²) in [6.07, 6.45) is 0.575. The molecule has 0 saturated carbocycles. The molecule has 2 aromatic rings. The fourth-order valence-corrected chi connectivity index (χ4v) is 3.60. The summed E-state index contributed by atoms with van der Waals surface area (Å²) in [4.78, 5) is 8.74. The van der Waals surface area contributed by atoms with Crippen molar-refractivity contribution in [2.24, 2.45) is 0 Å². The van der Waals surface area contributed by atoms with Crippen LogP contribution in [-0.4, -0.2) is 25.4 Å². The van der Waals surface area contributed by atoms with Gasteiger partial charge in [0.15, 0.2) is 5.82 Å². The first kappa shape index (κ1) is 16.5. The SMILES string of the molecule is O=S(Oc1nc(-c2cccc(Cl)c2)nc2c1SCC2)C(F)(F)F. The van der Waals surface area contributed by atoms with Crippen molar-refractivity contribution in [3.63, 3.8) is 0 Å². The summed E-state index contributed by atoms with van der Waals surface area (Å²) in [5.74, 6) is 0.518. The monoisotopic (exact) mass is 380 g/mol. The van der Waals surface area contributed by atoms with Crippen LogP contribution in [0.25, 0.3) is 11.4 Å². The molecule has 2 heterocycles. The summed E-state index contributed by atoms with van der Waals surface area (Å²) in [6, 6.07) is 6.61. The Morgan fingerprint density at radius 1 is 1.30 bits per heavy atom. The van der Waals surface area contributed by atoms with E-state index in [1.54, 1.807) is 24.3 Å². The second kappa shape index (κ2) is 6.29. The van der Waals surface area contributed by atoms with Gasteiger partial charge in [0, 0.05) is 22.8 Å². The molecule has 1 aromatic carbocycles. The van der Waals surface area contributed by atoms with Crippen LogP contribution < -0.4 is 4.18 Å². The maximum absolute atomic E-state index is 12.5. The minimum atomic E-state index is -4.97. The third-order valence-electron chi connectivity index (χ3n) is 2.92. The molecule has 0 fully saturated rings. The summed E-state index contributed by atoms with van der Waals surface area (Å²) >= 11 is 3.70. The predicted octanol–water partition coefficient (Wildman–Crippen LogP) is 4.01. The maximum atomic E-state index is 12.5. The van der Waals surface area contributed by atoms with E-state index in [1.807, 2.05) is 0 Å². The third kappa shape index (κ3) is 3.61. The highest BCUT2D eigenvalue weighted by atomic mass is 35.5. The lowest BCUT2D eigenvalue weighted by Crippen LogP contribution is -2.21. The summed E-state index contributed by atoms with van der Waals surface area (Å²) < 4.78 is 53.2. The van der Waals surface area contributed by atoms with E-state index in [9.17, 15) is 17.4 Å². The normalized spacial score (nSPS) is 15.3. The highest BCUT2D eigenvalue weighted by molar-refractivity contribution is 7.99. The van der Waals surface area contributed by atoms with E-state index in [4.69, 9.17) is 11.6 Å². The minimum Gasteiger partial charge on any atom is -0.372 e. The zero-order chi connectivity index (χ0) is 16.6. The summed E-state index contributed by atoms with van der Waals surface area (Å²) in [6.45, 7) is 0. The van der Waals surface area contributed by atoms with Crippen molar-refractivity contribution in [1.82, 2.24) is 9.97 Å². The van der Waals surface area contributed by atoms with Crippen LogP contribution in [0.1, 0.15) is 5.69 Å². The second-order valence-electron chi connectivity index (χ2n) is 4.50. The van der Waals surface area contributed by atoms with Crippen LogP contribution >= 0.6 is 23.4 Å². The van der Waals surface area contributed by atoms with Crippen molar-refractivity contribution >= 4 is 34.4 Å². The quantitative estimate of drug-likeness (QED) is 0.805. The van der Waals surface area contributed by atoms with Gasteiger partial charge < -0.3 is 4.18 Å². The Balaban J connectivity index is 2.04. The Bertz CT molecular complexity index is 786. The number of rotatable bonds is 3. The van der Waals surface area contributed by atoms with Gasteiger partial charge in [-0.15, -0.1) is 11.8 Å². The van der Waals surface area contributed by atoms with Gasteiger partial charge in [-0.25, -0.2) is 9.19 Å². The molecule has 10 heteroatoms. The first-order chi connectivity index (χ1) is 10.8. The van der Waals surface area contributed by atoms with E-state index in [1.165, 1.54) is 11.8 Å². The van der Waals surface area contributed by atoms with Crippen LogP contribution in [0, 0.1) is 0 Å². The number of hydrogen-bond donors (Lipinski definition) is 0. The number of thioether (sulfide) groups is 1. The number of nitrogens with zero attached hydrogens (tertiary/aromatic N) is 2. The van der Waals surface area contributed by atoms with Crippen LogP contribution in [0.2, 0.25) is 5.02 Å². The van der Waals surface area contributed by atoms with E-state index in [0.717, 1.165) is 0 Å². The molecule has 0 saturated heterocycles. The number of fused-ring (bicyclic) bond motifs is 1. The van der Waals surface area contributed by atoms with Crippen molar-refractivity contribution in [2.45, 2.75) is 16.8 Å². The van der Waals surface area contributed by atoms with E-state index >= 15 is 0 Å². The van der Waals surface area contributed by atoms with Gasteiger partial charge in [-0.1, -0.05) is 23.7 Å². The molecule has 1 atom stereocenters. The first-order valence-corrected chi connectivity index (χ1v) is 8.75. The highest BCUT2D eigenvalue weighted by Crippen LogP contribution is 2.39. The van der Waals surface area contributed by atoms with Crippen LogP contribution in [0.4, 0.5) is 13.2 Å². The fraction of sp³-hybridized carbons (Fsp3) is 0.231. The van der Waals surface area contributed by atoms with Gasteiger partial charge >= 0.3 is 16.6 Å². The number of benzene rings is 1. The lowest BCUT2D eigenvalue weighted by molar-refractivity contribution is -0.0439. The second-order valence-corrected chi connectivity index (χ2v) is 7.14. The number of aryl methyl sites for hydroxylation is 1. The molecule has 23 heavy (non-hydrogen) atoms. The Labute approximate surface area is 141 Å². The molecular weight excluding hydrogens is 373 g/mol. The van der Waals surface area contributed by atoms with Gasteiger partial charge in [0.1, 0.15) is 0 Å². The first-order valence-electron chi connectivity index (χ1n) is 6.31. The molecule has 1 aliphatic rings. The van der Waals surface area contributed by atoms with E-state index < -0.39 is 16.6 Å². The van der Waals surface area contributed by atoms with Crippen molar-refractivity contribution in [3.8, 4) is 17.3 Å². The summed E-state index contributed by atoms with van der Waals surface area (Å²) in [5.41, 5.74) is -3.86. The highest BCUT2D eigenvalue weighted by Gasteiger charge is 2.41. The Kier molecular flexibility index (Phi) is 4.52. The average Bonchev–Trinajstić information content (AvgIpc) is 2.94. The molecule has 0 spiro atoms. The predicted molar refractivity (Wildman–Crippen MR) is 81.7 cm³/mol. The Morgan fingerprint density at radius 3 is 2.78 bits per heavy atom. The van der Waals surface area contributed by atoms with Crippen LogP contribution in [0.15, 0.2) is 29.2 Å². The topological polar surface area (TPSA) is 52.1 Å². The van der Waals surface area contributed by atoms with Crippen molar-refractivity contribution in [3.05, 3.63) is 35.0 Å². The smallest absolute Gasteiger partial charge is 0.372 e. The molecule has 1 aliphatic heterocycles. The third-order valence-corrected chi connectivity index (χ3v) is 4.95. The van der Waals surface area contributed by atoms with Gasteiger partial charge in [-0.05, 0) is 12.1 Å². The van der Waals surface area contributed by atoms with Crippen molar-refractivity contribution in [1.29, 1.82) is 0 Å². The van der Waals surface area contributed by atoms with Crippen molar-refractivity contribution < 1.29 is 21.6 Å². The van der Waals surface area contributed by atoms with E-state index in [2.05, 4.69) is 14.2 Å². The van der Waals surface area contributed by atoms with E-state index in [-0.39, 0.29) is 11.7 Å². The number of hydrogen-bond acceptors (Lipinski definition) is 5. The van der Waals surface area contributed by atoms with Gasteiger partial charge in [-0.3, -0.25) is 0 Å². The molecular formula is C13H8ClF3N2O2S2. The molecule has 0 aliphatic carbocycles. The van der Waals surface area contributed by atoms with E-state index in [0.29, 0.717) is 33.3 Å². The van der Waals surface area contributed by atoms with Crippen LogP contribution in [0.5, 0.6) is 5.88 Å². The summed E-state index contributed by atoms with van der Waals surface area (Å²) in [5, 5.41) is 0.447. The number of aromatic nitrogens is 2. The zero-order valence-corrected chi connectivity index (χ0v) is 13.7. The summed E-state index contributed by atoms with van der Waals surface area (Å²) in [7, 11) is 0. The molecule has 1 aromatic heterocycles. The van der Waals surface area contributed by atoms with Crippen LogP contribution in [0.3, 0.4) is 0 Å². The number of halogens is 4. The molecule has 0 bridgehead atoms. The molecule has 122 valence electrons. The standard InChI is InChI=1S/C13H8ClF3N2O2S2/c14-8-3-1-2-7(6-8)11-18-9-4-5-22-10(9)12(19-11)21-23(20)13(15,16)17/h1-3,6H,4-5H2. The minimum absolute atomic E-state index is 0.183. The molecule has 0 radical (unpaired) electrons. The van der Waals surface area contributed by atoms with Crippen molar-refractivity contribution in [2.75, 3.05) is 5.75 Å². The van der Waals surface area contributed by atoms with Gasteiger partial charge in [-0.2, -0.15) is 18.2 Å². The lowest BCUT2D eigenvalue weighted by Gasteiger charge is -2.11. The van der Waals surface area contributed by atoms with Gasteiger partial charge in [0.25, 0.3) is 0 Å². The van der Waals surface area contributed by atoms with Gasteiger partial charge in [0.2, 0.25) is 5.88 Å². The molecule has 3 rings (SSSR count). The lowest BCUT2D eigenvalue weighted by atomic mass is 10.2. The molecule has 0 amide bonds. The Morgan fingerprint density at radius 2 is 2.09 bits per heavy atom. The zero-order valence-electron chi connectivity index (χ0n) is 11.3. The molecule has 4 nitrogen and oxygen atoms in total. The maximum Gasteiger partial charge on any atom is 0.508 e. The molecule has 1 unspecified atom stereocenters. The average molecular weight is 381 g/mol. The number of alkyl halides is 3.